The van der Waals surface area contributed by atoms with Gasteiger partial charge in [0.1, 0.15) is 5.69 Å². The Kier molecular flexibility index (Phi) is 7.61. The molecule has 0 bridgehead atoms. The van der Waals surface area contributed by atoms with Gasteiger partial charge in [0.05, 0.1) is 27.2 Å². The van der Waals surface area contributed by atoms with Gasteiger partial charge in [-0.3, -0.25) is 30.0 Å². The number of pyridine rings is 1. The van der Waals surface area contributed by atoms with E-state index in [1.165, 1.54) is 48.7 Å². The number of hydrogen-bond acceptors (Lipinski definition) is 8. The third kappa shape index (κ3) is 5.92. The van der Waals surface area contributed by atoms with Crippen molar-refractivity contribution in [2.75, 3.05) is 6.26 Å². The highest BCUT2D eigenvalue weighted by Crippen LogP contribution is 2.27. The molecule has 2 heterocycles. The minimum absolute atomic E-state index is 0.0462. The first-order chi connectivity index (χ1) is 18.2. The number of hydrogen-bond donors (Lipinski definition) is 2. The van der Waals surface area contributed by atoms with Crippen LogP contribution < -0.4 is 10.9 Å². The Morgan fingerprint density at radius 1 is 1.03 bits per heavy atom. The quantitative estimate of drug-likeness (QED) is 0.275. The molecule has 2 aromatic carbocycles. The SMILES string of the molecule is CS(=O)(=O)c1ccc(-c2nnc(C=CC(=O)NNC(=O)c3ccc(C#N)cc3)n2-c2ccccc2Cl)nc1. The average Bonchev–Trinajstić information content (AvgIpc) is 3.34. The number of benzene rings is 2. The van der Waals surface area contributed by atoms with Crippen LogP contribution in [0.25, 0.3) is 23.3 Å². The minimum Gasteiger partial charge on any atom is -0.273 e. The molecule has 0 unspecified atom stereocenters. The van der Waals surface area contributed by atoms with Crippen molar-refractivity contribution in [1.82, 2.24) is 30.6 Å². The van der Waals surface area contributed by atoms with Crippen LogP contribution in [0.5, 0.6) is 0 Å². The number of hydrazine groups is 1. The van der Waals surface area contributed by atoms with E-state index in [2.05, 4.69) is 26.0 Å². The summed E-state index contributed by atoms with van der Waals surface area (Å²) in [5.41, 5.74) is 6.02. The van der Waals surface area contributed by atoms with Crippen molar-refractivity contribution in [2.45, 2.75) is 4.90 Å². The molecule has 0 atom stereocenters. The first-order valence-electron chi connectivity index (χ1n) is 10.8. The summed E-state index contributed by atoms with van der Waals surface area (Å²) >= 11 is 6.41. The number of halogens is 1. The summed E-state index contributed by atoms with van der Waals surface area (Å²) in [6, 6.07) is 17.6. The zero-order chi connectivity index (χ0) is 27.3. The molecular weight excluding hydrogens is 530 g/mol. The van der Waals surface area contributed by atoms with Crippen LogP contribution in [-0.2, 0) is 14.6 Å². The summed E-state index contributed by atoms with van der Waals surface area (Å²) in [6.07, 6.45) is 4.81. The summed E-state index contributed by atoms with van der Waals surface area (Å²) in [6.45, 7) is 0. The minimum atomic E-state index is -3.44. The molecular formula is C25H18ClN7O4S. The fraction of sp³-hybridized carbons (Fsp3) is 0.0400. The maximum absolute atomic E-state index is 12.4. The van der Waals surface area contributed by atoms with E-state index in [0.717, 1.165) is 12.3 Å². The number of para-hydroxylation sites is 1. The van der Waals surface area contributed by atoms with Crippen molar-refractivity contribution in [2.24, 2.45) is 0 Å². The normalized spacial score (nSPS) is 11.2. The van der Waals surface area contributed by atoms with Crippen molar-refractivity contribution >= 4 is 39.3 Å². The van der Waals surface area contributed by atoms with Crippen LogP contribution in [0.2, 0.25) is 5.02 Å². The Hall–Kier alpha value is -4.86. The van der Waals surface area contributed by atoms with Crippen LogP contribution in [-0.4, -0.2) is 46.2 Å². The van der Waals surface area contributed by atoms with Gasteiger partial charge in [0.25, 0.3) is 11.8 Å². The highest BCUT2D eigenvalue weighted by atomic mass is 35.5. The molecule has 190 valence electrons. The topological polar surface area (TPSA) is 160 Å². The fourth-order valence-corrected chi connectivity index (χ4v) is 4.03. The van der Waals surface area contributed by atoms with E-state index in [4.69, 9.17) is 16.9 Å². The van der Waals surface area contributed by atoms with E-state index >= 15 is 0 Å². The second-order valence-electron chi connectivity index (χ2n) is 7.79. The van der Waals surface area contributed by atoms with Gasteiger partial charge in [-0.25, -0.2) is 8.42 Å². The predicted octanol–water partition coefficient (Wildman–Crippen LogP) is 2.73. The Morgan fingerprint density at radius 2 is 1.76 bits per heavy atom. The zero-order valence-electron chi connectivity index (χ0n) is 19.7. The van der Waals surface area contributed by atoms with Crippen molar-refractivity contribution in [1.29, 1.82) is 5.26 Å². The molecule has 0 radical (unpaired) electrons. The molecule has 0 saturated carbocycles. The Balaban J connectivity index is 1.58. The lowest BCUT2D eigenvalue weighted by atomic mass is 10.1. The number of amides is 2. The number of carbonyl (C=O) groups excluding carboxylic acids is 2. The van der Waals surface area contributed by atoms with Crippen molar-refractivity contribution in [3.8, 4) is 23.3 Å². The monoisotopic (exact) mass is 547 g/mol. The maximum atomic E-state index is 12.4. The Bertz CT molecular complexity index is 1690. The Labute approximate surface area is 222 Å². The van der Waals surface area contributed by atoms with E-state index < -0.39 is 21.7 Å². The first kappa shape index (κ1) is 26.2. The lowest BCUT2D eigenvalue weighted by Gasteiger charge is -2.10. The number of nitriles is 1. The largest absolute Gasteiger partial charge is 0.273 e. The van der Waals surface area contributed by atoms with Crippen LogP contribution in [0.3, 0.4) is 0 Å². The molecule has 0 aliphatic rings. The third-order valence-corrected chi connectivity index (χ3v) is 6.55. The number of aromatic nitrogens is 4. The smallest absolute Gasteiger partial charge is 0.269 e. The van der Waals surface area contributed by atoms with Gasteiger partial charge in [-0.2, -0.15) is 5.26 Å². The molecule has 0 aliphatic heterocycles. The number of sulfone groups is 1. The number of rotatable bonds is 6. The molecule has 4 aromatic rings. The molecule has 2 amide bonds. The van der Waals surface area contributed by atoms with Gasteiger partial charge in [0.15, 0.2) is 21.5 Å². The van der Waals surface area contributed by atoms with Crippen LogP contribution in [0.15, 0.2) is 77.8 Å². The first-order valence-corrected chi connectivity index (χ1v) is 13.1. The molecule has 0 aliphatic carbocycles. The van der Waals surface area contributed by atoms with Crippen LogP contribution in [0.4, 0.5) is 0 Å². The average molecular weight is 548 g/mol. The summed E-state index contributed by atoms with van der Waals surface area (Å²) in [5.74, 6) is -0.748. The molecule has 4 rings (SSSR count). The molecule has 0 saturated heterocycles. The lowest BCUT2D eigenvalue weighted by molar-refractivity contribution is -0.117. The van der Waals surface area contributed by atoms with Gasteiger partial charge >= 0.3 is 0 Å². The van der Waals surface area contributed by atoms with Crippen LogP contribution in [0, 0.1) is 11.3 Å². The van der Waals surface area contributed by atoms with Gasteiger partial charge < -0.3 is 0 Å². The van der Waals surface area contributed by atoms with E-state index in [1.54, 1.807) is 28.8 Å². The van der Waals surface area contributed by atoms with Gasteiger partial charge in [0.2, 0.25) is 0 Å². The molecule has 11 nitrogen and oxygen atoms in total. The van der Waals surface area contributed by atoms with Crippen LogP contribution >= 0.6 is 11.6 Å². The Morgan fingerprint density at radius 3 is 2.39 bits per heavy atom. The number of carbonyl (C=O) groups is 2. The predicted molar refractivity (Wildman–Crippen MR) is 139 cm³/mol. The van der Waals surface area contributed by atoms with E-state index in [-0.39, 0.29) is 22.1 Å². The molecule has 2 N–H and O–H groups in total. The molecule has 13 heteroatoms. The number of nitrogens with one attached hydrogen (secondary N) is 2. The highest BCUT2D eigenvalue weighted by Gasteiger charge is 2.18. The summed E-state index contributed by atoms with van der Waals surface area (Å²) in [4.78, 5) is 28.9. The van der Waals surface area contributed by atoms with E-state index in [1.807, 2.05) is 6.07 Å². The summed E-state index contributed by atoms with van der Waals surface area (Å²) in [7, 11) is -3.44. The van der Waals surface area contributed by atoms with Crippen LogP contribution in [0.1, 0.15) is 21.7 Å². The van der Waals surface area contributed by atoms with Gasteiger partial charge in [-0.1, -0.05) is 23.7 Å². The summed E-state index contributed by atoms with van der Waals surface area (Å²) in [5, 5.41) is 17.5. The fourth-order valence-electron chi connectivity index (χ4n) is 3.25. The van der Waals surface area contributed by atoms with E-state index in [0.29, 0.717) is 22.0 Å². The van der Waals surface area contributed by atoms with Crippen molar-refractivity contribution < 1.29 is 18.0 Å². The van der Waals surface area contributed by atoms with Crippen molar-refractivity contribution in [3.63, 3.8) is 0 Å². The molecule has 2 aromatic heterocycles. The number of nitrogens with zero attached hydrogens (tertiary/aromatic N) is 5. The lowest BCUT2D eigenvalue weighted by Crippen LogP contribution is -2.40. The van der Waals surface area contributed by atoms with E-state index in [9.17, 15) is 18.0 Å². The maximum Gasteiger partial charge on any atom is 0.269 e. The molecule has 38 heavy (non-hydrogen) atoms. The van der Waals surface area contributed by atoms with Gasteiger partial charge in [0, 0.05) is 24.1 Å². The summed E-state index contributed by atoms with van der Waals surface area (Å²) < 4.78 is 25.1. The highest BCUT2D eigenvalue weighted by molar-refractivity contribution is 7.90. The van der Waals surface area contributed by atoms with Gasteiger partial charge in [-0.05, 0) is 54.6 Å². The van der Waals surface area contributed by atoms with Crippen molar-refractivity contribution in [3.05, 3.63) is 94.9 Å². The second kappa shape index (κ2) is 11.0. The second-order valence-corrected chi connectivity index (χ2v) is 10.2. The van der Waals surface area contributed by atoms with Gasteiger partial charge in [-0.15, -0.1) is 10.2 Å². The zero-order valence-corrected chi connectivity index (χ0v) is 21.2. The standard InChI is InChI=1S/C25H18ClN7O4S/c1-38(36,37)18-10-11-20(28-15-18)24-31-29-22(33(24)21-5-3-2-4-19(21)26)12-13-23(34)30-32-25(35)17-8-6-16(14-27)7-9-17/h2-13,15H,1H3,(H,30,34)(H,32,35). The molecule has 0 spiro atoms. The third-order valence-electron chi connectivity index (χ3n) is 5.13. The molecule has 0 fully saturated rings.